The van der Waals surface area contributed by atoms with Crippen molar-refractivity contribution in [1.29, 1.82) is 0 Å². The molecular formula is C11H18ClN3O2. The summed E-state index contributed by atoms with van der Waals surface area (Å²) in [5.74, 6) is 1.19. The number of ether oxygens (including phenoxy) is 2. The van der Waals surface area contributed by atoms with E-state index in [1.54, 1.807) is 6.07 Å². The van der Waals surface area contributed by atoms with Gasteiger partial charge in [0.2, 0.25) is 5.88 Å². The third kappa shape index (κ3) is 4.46. The predicted octanol–water partition coefficient (Wildman–Crippen LogP) is 1.16. The minimum atomic E-state index is 0. The monoisotopic (exact) mass is 259 g/mol. The molecule has 1 aromatic rings. The highest BCUT2D eigenvalue weighted by atomic mass is 35.5. The quantitative estimate of drug-likeness (QED) is 0.879. The maximum absolute atomic E-state index is 5.63. The van der Waals surface area contributed by atoms with E-state index in [0.29, 0.717) is 24.9 Å². The topological polar surface area (TPSA) is 70.3 Å². The van der Waals surface area contributed by atoms with Gasteiger partial charge in [-0.3, -0.25) is 0 Å². The summed E-state index contributed by atoms with van der Waals surface area (Å²) in [7, 11) is 0. The van der Waals surface area contributed by atoms with Crippen LogP contribution in [-0.4, -0.2) is 29.8 Å². The summed E-state index contributed by atoms with van der Waals surface area (Å²) in [6.07, 6.45) is 3.62. The predicted molar refractivity (Wildman–Crippen MR) is 66.2 cm³/mol. The Hall–Kier alpha value is -0.910. The van der Waals surface area contributed by atoms with Gasteiger partial charge in [-0.05, 0) is 18.8 Å². The lowest BCUT2D eigenvalue weighted by Gasteiger charge is -2.21. The van der Waals surface area contributed by atoms with E-state index in [0.717, 1.165) is 31.7 Å². The molecule has 2 rings (SSSR count). The SMILES string of the molecule is Cl.NCc1cc(OCC2CCOCC2)ncn1. The summed E-state index contributed by atoms with van der Waals surface area (Å²) in [4.78, 5) is 8.07. The molecule has 2 heterocycles. The van der Waals surface area contributed by atoms with Gasteiger partial charge in [-0.15, -0.1) is 12.4 Å². The van der Waals surface area contributed by atoms with Gasteiger partial charge in [-0.1, -0.05) is 0 Å². The van der Waals surface area contributed by atoms with Crippen molar-refractivity contribution in [2.75, 3.05) is 19.8 Å². The van der Waals surface area contributed by atoms with Crippen molar-refractivity contribution in [3.8, 4) is 5.88 Å². The fourth-order valence-corrected chi connectivity index (χ4v) is 1.68. The van der Waals surface area contributed by atoms with Crippen molar-refractivity contribution < 1.29 is 9.47 Å². The molecule has 0 unspecified atom stereocenters. The molecule has 1 aliphatic heterocycles. The second-order valence-corrected chi connectivity index (χ2v) is 3.92. The number of nitrogens with zero attached hydrogens (tertiary/aromatic N) is 2. The zero-order valence-corrected chi connectivity index (χ0v) is 10.5. The normalized spacial score (nSPS) is 16.3. The van der Waals surface area contributed by atoms with Crippen LogP contribution in [0, 0.1) is 5.92 Å². The third-order valence-corrected chi connectivity index (χ3v) is 2.72. The molecule has 0 bridgehead atoms. The number of halogens is 1. The van der Waals surface area contributed by atoms with Gasteiger partial charge in [0.05, 0.1) is 12.3 Å². The first kappa shape index (κ1) is 14.2. The first-order valence-electron chi connectivity index (χ1n) is 5.60. The third-order valence-electron chi connectivity index (χ3n) is 2.72. The standard InChI is InChI=1S/C11H17N3O2.ClH/c12-6-10-5-11(14-8-13-10)16-7-9-1-3-15-4-2-9;/h5,8-9H,1-4,6-7,12H2;1H. The molecule has 0 aromatic carbocycles. The van der Waals surface area contributed by atoms with E-state index in [-0.39, 0.29) is 12.4 Å². The van der Waals surface area contributed by atoms with Crippen LogP contribution in [-0.2, 0) is 11.3 Å². The maximum Gasteiger partial charge on any atom is 0.216 e. The molecule has 1 fully saturated rings. The highest BCUT2D eigenvalue weighted by Crippen LogP contribution is 2.16. The number of nitrogens with two attached hydrogens (primary N) is 1. The summed E-state index contributed by atoms with van der Waals surface area (Å²) in [5, 5.41) is 0. The number of aromatic nitrogens is 2. The maximum atomic E-state index is 5.63. The minimum absolute atomic E-state index is 0. The van der Waals surface area contributed by atoms with Gasteiger partial charge in [0.25, 0.3) is 0 Å². The number of hydrogen-bond acceptors (Lipinski definition) is 5. The van der Waals surface area contributed by atoms with Crippen LogP contribution in [0.1, 0.15) is 18.5 Å². The van der Waals surface area contributed by atoms with E-state index in [1.165, 1.54) is 6.33 Å². The summed E-state index contributed by atoms with van der Waals surface area (Å²) in [6, 6.07) is 1.79. The van der Waals surface area contributed by atoms with E-state index < -0.39 is 0 Å². The number of hydrogen-bond donors (Lipinski definition) is 1. The first-order valence-corrected chi connectivity index (χ1v) is 5.60. The molecule has 0 aliphatic carbocycles. The smallest absolute Gasteiger partial charge is 0.216 e. The van der Waals surface area contributed by atoms with Gasteiger partial charge >= 0.3 is 0 Å². The van der Waals surface area contributed by atoms with E-state index >= 15 is 0 Å². The lowest BCUT2D eigenvalue weighted by molar-refractivity contribution is 0.0490. The van der Waals surface area contributed by atoms with Crippen molar-refractivity contribution in [3.05, 3.63) is 18.1 Å². The number of rotatable bonds is 4. The van der Waals surface area contributed by atoms with E-state index in [2.05, 4.69) is 9.97 Å². The van der Waals surface area contributed by atoms with Crippen molar-refractivity contribution in [3.63, 3.8) is 0 Å². The molecule has 0 spiro atoms. The van der Waals surface area contributed by atoms with E-state index in [9.17, 15) is 0 Å². The molecule has 17 heavy (non-hydrogen) atoms. The first-order chi connectivity index (χ1) is 7.88. The lowest BCUT2D eigenvalue weighted by atomic mass is 10.0. The van der Waals surface area contributed by atoms with Gasteiger partial charge < -0.3 is 15.2 Å². The Kier molecular flexibility index (Phi) is 6.18. The lowest BCUT2D eigenvalue weighted by Crippen LogP contribution is -2.21. The van der Waals surface area contributed by atoms with Crippen molar-refractivity contribution in [2.45, 2.75) is 19.4 Å². The molecule has 1 aliphatic rings. The molecule has 0 radical (unpaired) electrons. The molecule has 2 N–H and O–H groups in total. The van der Waals surface area contributed by atoms with Gasteiger partial charge in [0, 0.05) is 25.8 Å². The molecule has 6 heteroatoms. The highest BCUT2D eigenvalue weighted by Gasteiger charge is 2.14. The van der Waals surface area contributed by atoms with E-state index in [4.69, 9.17) is 15.2 Å². The molecule has 1 saturated heterocycles. The van der Waals surface area contributed by atoms with Crippen LogP contribution in [0.15, 0.2) is 12.4 Å². The Balaban J connectivity index is 0.00000144. The molecular weight excluding hydrogens is 242 g/mol. The van der Waals surface area contributed by atoms with Crippen molar-refractivity contribution in [1.82, 2.24) is 9.97 Å². The van der Waals surface area contributed by atoms with Crippen LogP contribution < -0.4 is 10.5 Å². The van der Waals surface area contributed by atoms with Gasteiger partial charge in [-0.25, -0.2) is 9.97 Å². The zero-order chi connectivity index (χ0) is 11.2. The van der Waals surface area contributed by atoms with Crippen LogP contribution in [0.25, 0.3) is 0 Å². The summed E-state index contributed by atoms with van der Waals surface area (Å²) >= 11 is 0. The average molecular weight is 260 g/mol. The van der Waals surface area contributed by atoms with Crippen LogP contribution in [0.4, 0.5) is 0 Å². The summed E-state index contributed by atoms with van der Waals surface area (Å²) in [6.45, 7) is 2.79. The van der Waals surface area contributed by atoms with Crippen LogP contribution in [0.5, 0.6) is 5.88 Å². The fraction of sp³-hybridized carbons (Fsp3) is 0.636. The van der Waals surface area contributed by atoms with Gasteiger partial charge in [0.1, 0.15) is 6.33 Å². The van der Waals surface area contributed by atoms with Crippen molar-refractivity contribution >= 4 is 12.4 Å². The Labute approximate surface area is 107 Å². The zero-order valence-electron chi connectivity index (χ0n) is 9.67. The summed E-state index contributed by atoms with van der Waals surface area (Å²) in [5.41, 5.74) is 6.30. The average Bonchev–Trinajstić information content (AvgIpc) is 2.38. The molecule has 96 valence electrons. The highest BCUT2D eigenvalue weighted by molar-refractivity contribution is 5.85. The fourth-order valence-electron chi connectivity index (χ4n) is 1.68. The Morgan fingerprint density at radius 2 is 2.12 bits per heavy atom. The molecule has 0 amide bonds. The van der Waals surface area contributed by atoms with Crippen LogP contribution in [0.3, 0.4) is 0 Å². The molecule has 0 atom stereocenters. The van der Waals surface area contributed by atoms with Gasteiger partial charge in [-0.2, -0.15) is 0 Å². The Bertz CT molecular complexity index is 332. The van der Waals surface area contributed by atoms with Gasteiger partial charge in [0.15, 0.2) is 0 Å². The molecule has 5 nitrogen and oxygen atoms in total. The van der Waals surface area contributed by atoms with Crippen LogP contribution in [0.2, 0.25) is 0 Å². The van der Waals surface area contributed by atoms with Crippen molar-refractivity contribution in [2.24, 2.45) is 11.7 Å². The van der Waals surface area contributed by atoms with E-state index in [1.807, 2.05) is 0 Å². The second-order valence-electron chi connectivity index (χ2n) is 3.92. The second kappa shape index (κ2) is 7.42. The minimum Gasteiger partial charge on any atom is -0.477 e. The Morgan fingerprint density at radius 1 is 1.35 bits per heavy atom. The van der Waals surface area contributed by atoms with Crippen LogP contribution >= 0.6 is 12.4 Å². The molecule has 0 saturated carbocycles. The summed E-state index contributed by atoms with van der Waals surface area (Å²) < 4.78 is 10.9. The molecule has 1 aromatic heterocycles. The Morgan fingerprint density at radius 3 is 2.82 bits per heavy atom. The largest absolute Gasteiger partial charge is 0.477 e.